The number of carbonyl (C=O) groups is 2. The SMILES string of the molecule is O=C(COc1ccc(Cl)cc1)N1CCCN(C(=O)Cc2ccccc2)CC1. The van der Waals surface area contributed by atoms with Gasteiger partial charge in [0.1, 0.15) is 5.75 Å². The first kappa shape index (κ1) is 19.2. The molecule has 0 spiro atoms. The van der Waals surface area contributed by atoms with Crippen LogP contribution < -0.4 is 4.74 Å². The van der Waals surface area contributed by atoms with E-state index in [0.717, 1.165) is 12.0 Å². The largest absolute Gasteiger partial charge is 0.484 e. The van der Waals surface area contributed by atoms with Gasteiger partial charge in [-0.25, -0.2) is 0 Å². The minimum Gasteiger partial charge on any atom is -0.484 e. The summed E-state index contributed by atoms with van der Waals surface area (Å²) >= 11 is 5.84. The molecule has 0 aromatic heterocycles. The van der Waals surface area contributed by atoms with Gasteiger partial charge < -0.3 is 14.5 Å². The van der Waals surface area contributed by atoms with E-state index in [2.05, 4.69) is 0 Å². The summed E-state index contributed by atoms with van der Waals surface area (Å²) in [5, 5.41) is 0.626. The van der Waals surface area contributed by atoms with Crippen LogP contribution in [-0.4, -0.2) is 54.4 Å². The van der Waals surface area contributed by atoms with Gasteiger partial charge in [-0.1, -0.05) is 41.9 Å². The molecule has 0 bridgehead atoms. The van der Waals surface area contributed by atoms with Gasteiger partial charge in [-0.3, -0.25) is 9.59 Å². The molecule has 1 aliphatic heterocycles. The van der Waals surface area contributed by atoms with Crippen LogP contribution in [-0.2, 0) is 16.0 Å². The summed E-state index contributed by atoms with van der Waals surface area (Å²) in [5.74, 6) is 0.650. The zero-order valence-corrected chi connectivity index (χ0v) is 15.9. The van der Waals surface area contributed by atoms with Crippen molar-refractivity contribution in [3.05, 3.63) is 65.2 Å². The molecule has 142 valence electrons. The predicted octanol–water partition coefficient (Wildman–Crippen LogP) is 3.02. The Morgan fingerprint density at radius 1 is 0.852 bits per heavy atom. The number of hydrogen-bond donors (Lipinski definition) is 0. The first-order chi connectivity index (χ1) is 13.1. The van der Waals surface area contributed by atoms with E-state index in [1.54, 1.807) is 29.2 Å². The molecule has 1 saturated heterocycles. The van der Waals surface area contributed by atoms with Crippen molar-refractivity contribution in [2.24, 2.45) is 0 Å². The van der Waals surface area contributed by atoms with Crippen molar-refractivity contribution in [3.8, 4) is 5.75 Å². The fraction of sp³-hybridized carbons (Fsp3) is 0.333. The Balaban J connectivity index is 1.47. The number of halogens is 1. The number of amides is 2. The number of carbonyl (C=O) groups excluding carboxylic acids is 2. The van der Waals surface area contributed by atoms with Crippen molar-refractivity contribution in [3.63, 3.8) is 0 Å². The summed E-state index contributed by atoms with van der Waals surface area (Å²) in [6.07, 6.45) is 1.17. The van der Waals surface area contributed by atoms with Gasteiger partial charge in [-0.2, -0.15) is 0 Å². The van der Waals surface area contributed by atoms with E-state index in [9.17, 15) is 9.59 Å². The average molecular weight is 387 g/mol. The van der Waals surface area contributed by atoms with Crippen LogP contribution in [0.5, 0.6) is 5.75 Å². The Bertz CT molecular complexity index is 765. The van der Waals surface area contributed by atoms with Crippen LogP contribution in [0.1, 0.15) is 12.0 Å². The molecule has 3 rings (SSSR count). The molecule has 0 atom stereocenters. The average Bonchev–Trinajstić information content (AvgIpc) is 2.94. The summed E-state index contributed by atoms with van der Waals surface area (Å²) in [6, 6.07) is 16.7. The van der Waals surface area contributed by atoms with E-state index < -0.39 is 0 Å². The Hall–Kier alpha value is -2.53. The smallest absolute Gasteiger partial charge is 0.260 e. The summed E-state index contributed by atoms with van der Waals surface area (Å²) < 4.78 is 5.54. The molecular weight excluding hydrogens is 364 g/mol. The number of nitrogens with zero attached hydrogens (tertiary/aromatic N) is 2. The molecule has 1 aliphatic rings. The molecule has 27 heavy (non-hydrogen) atoms. The normalized spacial score (nSPS) is 14.6. The second-order valence-electron chi connectivity index (χ2n) is 6.52. The third-order valence-corrected chi connectivity index (χ3v) is 4.83. The summed E-state index contributed by atoms with van der Waals surface area (Å²) in [4.78, 5) is 28.6. The molecule has 1 heterocycles. The Morgan fingerprint density at radius 2 is 1.48 bits per heavy atom. The second-order valence-corrected chi connectivity index (χ2v) is 6.96. The predicted molar refractivity (Wildman–Crippen MR) is 105 cm³/mol. The van der Waals surface area contributed by atoms with Crippen molar-refractivity contribution in [1.82, 2.24) is 9.80 Å². The van der Waals surface area contributed by atoms with Crippen LogP contribution >= 0.6 is 11.6 Å². The van der Waals surface area contributed by atoms with Crippen LogP contribution in [0, 0.1) is 0 Å². The van der Waals surface area contributed by atoms with Gasteiger partial charge in [0.15, 0.2) is 6.61 Å². The molecule has 0 aliphatic carbocycles. The molecule has 1 fully saturated rings. The Morgan fingerprint density at radius 3 is 2.15 bits per heavy atom. The van der Waals surface area contributed by atoms with Gasteiger partial charge in [0.2, 0.25) is 5.91 Å². The molecule has 2 aromatic rings. The van der Waals surface area contributed by atoms with Crippen molar-refractivity contribution < 1.29 is 14.3 Å². The van der Waals surface area contributed by atoms with Crippen molar-refractivity contribution in [1.29, 1.82) is 0 Å². The highest BCUT2D eigenvalue weighted by atomic mass is 35.5. The molecule has 2 aromatic carbocycles. The van der Waals surface area contributed by atoms with Crippen molar-refractivity contribution in [2.45, 2.75) is 12.8 Å². The molecule has 6 heteroatoms. The number of rotatable bonds is 5. The van der Waals surface area contributed by atoms with Gasteiger partial charge in [-0.05, 0) is 36.2 Å². The van der Waals surface area contributed by atoms with Crippen LogP contribution in [0.2, 0.25) is 5.02 Å². The highest BCUT2D eigenvalue weighted by molar-refractivity contribution is 6.30. The molecule has 0 N–H and O–H groups in total. The highest BCUT2D eigenvalue weighted by Crippen LogP contribution is 2.16. The molecule has 2 amide bonds. The number of ether oxygens (including phenoxy) is 1. The quantitative estimate of drug-likeness (QED) is 0.793. The van der Waals surface area contributed by atoms with E-state index in [-0.39, 0.29) is 18.4 Å². The topological polar surface area (TPSA) is 49.9 Å². The standard InChI is InChI=1S/C21H23ClN2O3/c22-18-7-9-19(10-8-18)27-16-21(26)24-12-4-11-23(13-14-24)20(25)15-17-5-2-1-3-6-17/h1-3,5-10H,4,11-16H2. The first-order valence-corrected chi connectivity index (χ1v) is 9.47. The van der Waals surface area contributed by atoms with Gasteiger partial charge in [0, 0.05) is 31.2 Å². The Labute approximate surface area is 164 Å². The molecular formula is C21H23ClN2O3. The second kappa shape index (κ2) is 9.42. The van der Waals surface area contributed by atoms with Crippen LogP contribution in [0.4, 0.5) is 0 Å². The van der Waals surface area contributed by atoms with Crippen LogP contribution in [0.25, 0.3) is 0 Å². The lowest BCUT2D eigenvalue weighted by atomic mass is 10.1. The minimum absolute atomic E-state index is 0.0143. The van der Waals surface area contributed by atoms with E-state index >= 15 is 0 Å². The zero-order chi connectivity index (χ0) is 19.1. The van der Waals surface area contributed by atoms with Crippen LogP contribution in [0.15, 0.2) is 54.6 Å². The lowest BCUT2D eigenvalue weighted by Crippen LogP contribution is -2.39. The zero-order valence-electron chi connectivity index (χ0n) is 15.1. The molecule has 5 nitrogen and oxygen atoms in total. The lowest BCUT2D eigenvalue weighted by molar-refractivity contribution is -0.134. The summed E-state index contributed by atoms with van der Waals surface area (Å²) in [6.45, 7) is 2.38. The molecule has 0 unspecified atom stereocenters. The highest BCUT2D eigenvalue weighted by Gasteiger charge is 2.22. The minimum atomic E-state index is -0.0673. The van der Waals surface area contributed by atoms with Gasteiger partial charge in [0.05, 0.1) is 6.42 Å². The third kappa shape index (κ3) is 5.73. The number of benzene rings is 2. The molecule has 0 radical (unpaired) electrons. The maximum atomic E-state index is 12.5. The van der Waals surface area contributed by atoms with Crippen molar-refractivity contribution >= 4 is 23.4 Å². The van der Waals surface area contributed by atoms with Gasteiger partial charge >= 0.3 is 0 Å². The van der Waals surface area contributed by atoms with E-state index in [0.29, 0.717) is 43.4 Å². The maximum absolute atomic E-state index is 12.5. The van der Waals surface area contributed by atoms with Gasteiger partial charge in [-0.15, -0.1) is 0 Å². The maximum Gasteiger partial charge on any atom is 0.260 e. The van der Waals surface area contributed by atoms with E-state index in [1.165, 1.54) is 0 Å². The summed E-state index contributed by atoms with van der Waals surface area (Å²) in [7, 11) is 0. The lowest BCUT2D eigenvalue weighted by Gasteiger charge is -2.22. The number of hydrogen-bond acceptors (Lipinski definition) is 3. The fourth-order valence-electron chi connectivity index (χ4n) is 3.07. The van der Waals surface area contributed by atoms with Crippen LogP contribution in [0.3, 0.4) is 0 Å². The third-order valence-electron chi connectivity index (χ3n) is 4.58. The monoisotopic (exact) mass is 386 g/mol. The summed E-state index contributed by atoms with van der Waals surface area (Å²) in [5.41, 5.74) is 1.01. The molecule has 0 saturated carbocycles. The first-order valence-electron chi connectivity index (χ1n) is 9.09. The van der Waals surface area contributed by atoms with E-state index in [1.807, 2.05) is 35.2 Å². The van der Waals surface area contributed by atoms with Gasteiger partial charge in [0.25, 0.3) is 5.91 Å². The van der Waals surface area contributed by atoms with E-state index in [4.69, 9.17) is 16.3 Å². The van der Waals surface area contributed by atoms with Crippen molar-refractivity contribution in [2.75, 3.05) is 32.8 Å². The Kier molecular flexibility index (Phi) is 6.71. The fourth-order valence-corrected chi connectivity index (χ4v) is 3.19.